The fourth-order valence-electron chi connectivity index (χ4n) is 2.48. The van der Waals surface area contributed by atoms with Gasteiger partial charge in [-0.2, -0.15) is 0 Å². The number of nitrogens with zero attached hydrogens (tertiary/aromatic N) is 1. The Morgan fingerprint density at radius 3 is 2.26 bits per heavy atom. The van der Waals surface area contributed by atoms with Gasteiger partial charge in [-0.05, 0) is 44.0 Å². The Morgan fingerprint density at radius 1 is 1.22 bits per heavy atom. The third-order valence-electron chi connectivity index (χ3n) is 3.97. The van der Waals surface area contributed by atoms with Gasteiger partial charge in [0.1, 0.15) is 0 Å². The van der Waals surface area contributed by atoms with Crippen molar-refractivity contribution in [2.75, 3.05) is 23.6 Å². The van der Waals surface area contributed by atoms with Gasteiger partial charge in [-0.25, -0.2) is 8.42 Å². The first-order valence-corrected chi connectivity index (χ1v) is 9.17. The molecule has 1 aromatic carbocycles. The van der Waals surface area contributed by atoms with Gasteiger partial charge in [-0.3, -0.25) is 14.3 Å². The van der Waals surface area contributed by atoms with Crippen LogP contribution in [-0.4, -0.2) is 44.0 Å². The van der Waals surface area contributed by atoms with Crippen molar-refractivity contribution in [3.8, 4) is 0 Å². The first kappa shape index (κ1) is 17.3. The van der Waals surface area contributed by atoms with E-state index in [2.05, 4.69) is 4.72 Å². The Labute approximate surface area is 135 Å². The molecule has 1 fully saturated rings. The Balaban J connectivity index is 2.00. The number of carbonyl (C=O) groups excluding carboxylic acids is 2. The average molecular weight is 339 g/mol. The van der Waals surface area contributed by atoms with Gasteiger partial charge in [0.05, 0.1) is 5.75 Å². The lowest BCUT2D eigenvalue weighted by atomic mass is 9.96. The summed E-state index contributed by atoms with van der Waals surface area (Å²) in [4.78, 5) is 25.2. The second-order valence-corrected chi connectivity index (χ2v) is 7.56. The molecule has 23 heavy (non-hydrogen) atoms. The summed E-state index contributed by atoms with van der Waals surface area (Å²) < 4.78 is 25.4. The highest BCUT2D eigenvalue weighted by Crippen LogP contribution is 2.19. The zero-order chi connectivity index (χ0) is 17.0. The van der Waals surface area contributed by atoms with Crippen LogP contribution in [-0.2, 0) is 14.8 Å². The molecular formula is C15H21N3O4S. The van der Waals surface area contributed by atoms with Crippen molar-refractivity contribution in [3.63, 3.8) is 0 Å². The minimum Gasteiger partial charge on any atom is -0.369 e. The lowest BCUT2D eigenvalue weighted by molar-refractivity contribution is -0.123. The average Bonchev–Trinajstić information content (AvgIpc) is 2.54. The van der Waals surface area contributed by atoms with Gasteiger partial charge < -0.3 is 10.6 Å². The van der Waals surface area contributed by atoms with Gasteiger partial charge in [0, 0.05) is 30.3 Å². The zero-order valence-electron chi connectivity index (χ0n) is 13.0. The number of nitrogens with two attached hydrogens (primary N) is 1. The molecular weight excluding hydrogens is 318 g/mol. The van der Waals surface area contributed by atoms with Crippen LogP contribution >= 0.6 is 0 Å². The number of carbonyl (C=O) groups is 2. The van der Waals surface area contributed by atoms with Gasteiger partial charge in [-0.1, -0.05) is 0 Å². The molecule has 1 heterocycles. The third kappa shape index (κ3) is 4.44. The number of piperidine rings is 1. The number of sulfonamides is 1. The van der Waals surface area contributed by atoms with Crippen LogP contribution in [0.15, 0.2) is 24.3 Å². The van der Waals surface area contributed by atoms with E-state index in [1.54, 1.807) is 36.1 Å². The number of amides is 2. The summed E-state index contributed by atoms with van der Waals surface area (Å²) in [6.45, 7) is 2.54. The molecule has 0 aromatic heterocycles. The van der Waals surface area contributed by atoms with E-state index in [0.717, 1.165) is 0 Å². The number of rotatable bonds is 5. The van der Waals surface area contributed by atoms with E-state index in [9.17, 15) is 18.0 Å². The molecule has 7 nitrogen and oxygen atoms in total. The standard InChI is InChI=1S/C15H21N3O4S/c1-2-23(21,22)17-13-5-3-12(4-6-13)15(20)18-9-7-11(8-10-18)14(16)19/h3-6,11,17H,2,7-10H2,1H3,(H2,16,19). The monoisotopic (exact) mass is 339 g/mol. The van der Waals surface area contributed by atoms with Crippen molar-refractivity contribution in [2.24, 2.45) is 11.7 Å². The Kier molecular flexibility index (Phi) is 5.25. The van der Waals surface area contributed by atoms with Crippen LogP contribution in [0.4, 0.5) is 5.69 Å². The van der Waals surface area contributed by atoms with E-state index in [-0.39, 0.29) is 23.5 Å². The van der Waals surface area contributed by atoms with Crippen LogP contribution in [0.5, 0.6) is 0 Å². The van der Waals surface area contributed by atoms with Crippen LogP contribution in [0.3, 0.4) is 0 Å². The van der Waals surface area contributed by atoms with Gasteiger partial charge in [0.15, 0.2) is 0 Å². The molecule has 0 spiro atoms. The van der Waals surface area contributed by atoms with E-state index in [0.29, 0.717) is 37.2 Å². The lowest BCUT2D eigenvalue weighted by Crippen LogP contribution is -2.41. The van der Waals surface area contributed by atoms with Crippen molar-refractivity contribution in [3.05, 3.63) is 29.8 Å². The van der Waals surface area contributed by atoms with E-state index >= 15 is 0 Å². The topological polar surface area (TPSA) is 110 Å². The van der Waals surface area contributed by atoms with Gasteiger partial charge >= 0.3 is 0 Å². The third-order valence-corrected chi connectivity index (χ3v) is 5.28. The number of likely N-dealkylation sites (tertiary alicyclic amines) is 1. The molecule has 3 N–H and O–H groups in total. The molecule has 0 saturated carbocycles. The van der Waals surface area contributed by atoms with Crippen molar-refractivity contribution >= 4 is 27.5 Å². The summed E-state index contributed by atoms with van der Waals surface area (Å²) in [5, 5.41) is 0. The molecule has 0 unspecified atom stereocenters. The Bertz CT molecular complexity index is 677. The number of hydrogen-bond donors (Lipinski definition) is 2. The normalized spacial score (nSPS) is 16.1. The molecule has 1 aliphatic heterocycles. The maximum atomic E-state index is 12.4. The summed E-state index contributed by atoms with van der Waals surface area (Å²) in [5.41, 5.74) is 6.19. The fraction of sp³-hybridized carbons (Fsp3) is 0.467. The largest absolute Gasteiger partial charge is 0.369 e. The molecule has 0 bridgehead atoms. The molecule has 0 radical (unpaired) electrons. The molecule has 8 heteroatoms. The number of hydrogen-bond acceptors (Lipinski definition) is 4. The minimum atomic E-state index is -3.33. The molecule has 1 aliphatic rings. The molecule has 1 aromatic rings. The Morgan fingerprint density at radius 2 is 1.78 bits per heavy atom. The number of primary amides is 1. The molecule has 1 saturated heterocycles. The maximum absolute atomic E-state index is 12.4. The molecule has 126 valence electrons. The highest BCUT2D eigenvalue weighted by atomic mass is 32.2. The van der Waals surface area contributed by atoms with Crippen LogP contribution in [0.25, 0.3) is 0 Å². The lowest BCUT2D eigenvalue weighted by Gasteiger charge is -2.30. The first-order valence-electron chi connectivity index (χ1n) is 7.51. The zero-order valence-corrected chi connectivity index (χ0v) is 13.8. The van der Waals surface area contributed by atoms with Gasteiger partial charge in [0.2, 0.25) is 15.9 Å². The molecule has 2 rings (SSSR count). The highest BCUT2D eigenvalue weighted by molar-refractivity contribution is 7.92. The number of benzene rings is 1. The first-order chi connectivity index (χ1) is 10.8. The van der Waals surface area contributed by atoms with Crippen molar-refractivity contribution in [1.29, 1.82) is 0 Å². The van der Waals surface area contributed by atoms with Crippen molar-refractivity contribution in [1.82, 2.24) is 4.90 Å². The molecule has 0 atom stereocenters. The number of nitrogens with one attached hydrogen (secondary N) is 1. The van der Waals surface area contributed by atoms with Gasteiger partial charge in [-0.15, -0.1) is 0 Å². The maximum Gasteiger partial charge on any atom is 0.253 e. The predicted molar refractivity (Wildman–Crippen MR) is 87.3 cm³/mol. The van der Waals surface area contributed by atoms with E-state index in [1.807, 2.05) is 0 Å². The van der Waals surface area contributed by atoms with Crippen molar-refractivity contribution < 1.29 is 18.0 Å². The van der Waals surface area contributed by atoms with Crippen LogP contribution in [0, 0.1) is 5.92 Å². The van der Waals surface area contributed by atoms with Crippen LogP contribution in [0.1, 0.15) is 30.1 Å². The SMILES string of the molecule is CCS(=O)(=O)Nc1ccc(C(=O)N2CCC(C(N)=O)CC2)cc1. The van der Waals surface area contributed by atoms with E-state index in [4.69, 9.17) is 5.73 Å². The highest BCUT2D eigenvalue weighted by Gasteiger charge is 2.26. The summed E-state index contributed by atoms with van der Waals surface area (Å²) in [7, 11) is -3.33. The second kappa shape index (κ2) is 6.99. The summed E-state index contributed by atoms with van der Waals surface area (Å²) in [5.74, 6) is -0.616. The Hall–Kier alpha value is -2.09. The smallest absolute Gasteiger partial charge is 0.253 e. The number of anilines is 1. The predicted octanol–water partition coefficient (Wildman–Crippen LogP) is 0.786. The van der Waals surface area contributed by atoms with Crippen molar-refractivity contribution in [2.45, 2.75) is 19.8 Å². The molecule has 2 amide bonds. The van der Waals surface area contributed by atoms with Gasteiger partial charge in [0.25, 0.3) is 5.91 Å². The van der Waals surface area contributed by atoms with Crippen LogP contribution in [0.2, 0.25) is 0 Å². The van der Waals surface area contributed by atoms with Crippen LogP contribution < -0.4 is 10.5 Å². The summed E-state index contributed by atoms with van der Waals surface area (Å²) in [6, 6.07) is 6.32. The quantitative estimate of drug-likeness (QED) is 0.826. The summed E-state index contributed by atoms with van der Waals surface area (Å²) >= 11 is 0. The van der Waals surface area contributed by atoms with E-state index < -0.39 is 10.0 Å². The molecule has 0 aliphatic carbocycles. The second-order valence-electron chi connectivity index (χ2n) is 5.55. The fourth-order valence-corrected chi connectivity index (χ4v) is 3.12. The van der Waals surface area contributed by atoms with E-state index in [1.165, 1.54) is 0 Å². The summed E-state index contributed by atoms with van der Waals surface area (Å²) in [6.07, 6.45) is 1.16. The minimum absolute atomic E-state index is 0.0114.